The summed E-state index contributed by atoms with van der Waals surface area (Å²) in [7, 11) is 1.64. The number of aliphatic carboxylic acids is 1. The zero-order valence-corrected chi connectivity index (χ0v) is 10.7. The van der Waals surface area contributed by atoms with Crippen molar-refractivity contribution in [2.75, 3.05) is 13.1 Å². The Bertz CT molecular complexity index is 466. The summed E-state index contributed by atoms with van der Waals surface area (Å²) in [6.07, 6.45) is 2.71. The van der Waals surface area contributed by atoms with Gasteiger partial charge in [-0.25, -0.2) is 0 Å². The number of carboxylic acids is 1. The Balaban J connectivity index is 2.17. The highest BCUT2D eigenvalue weighted by atomic mass is 35.5. The number of aryl methyl sites for hydroxylation is 1. The maximum Gasteiger partial charge on any atom is 0.308 e. The summed E-state index contributed by atoms with van der Waals surface area (Å²) in [5.74, 6) is -1.61. The van der Waals surface area contributed by atoms with Crippen LogP contribution in [-0.2, 0) is 11.8 Å². The van der Waals surface area contributed by atoms with E-state index in [1.54, 1.807) is 7.05 Å². The average Bonchev–Trinajstić information content (AvgIpc) is 2.68. The van der Waals surface area contributed by atoms with Gasteiger partial charge in [0.05, 0.1) is 17.1 Å². The second-order valence-corrected chi connectivity index (χ2v) is 4.80. The maximum absolute atomic E-state index is 12.3. The first kappa shape index (κ1) is 12.9. The summed E-state index contributed by atoms with van der Waals surface area (Å²) in [6, 6.07) is 0. The molecule has 1 amide bonds. The van der Waals surface area contributed by atoms with Gasteiger partial charge in [-0.2, -0.15) is 5.10 Å². The first-order valence-electron chi connectivity index (χ1n) is 5.70. The lowest BCUT2D eigenvalue weighted by atomic mass is 9.98. The van der Waals surface area contributed by atoms with E-state index in [1.165, 1.54) is 15.8 Å². The highest BCUT2D eigenvalue weighted by molar-refractivity contribution is 6.33. The fourth-order valence-corrected chi connectivity index (χ4v) is 2.41. The number of carboxylic acid groups (broad SMARTS) is 1. The van der Waals surface area contributed by atoms with Crippen LogP contribution in [0.5, 0.6) is 0 Å². The van der Waals surface area contributed by atoms with Crippen molar-refractivity contribution >= 4 is 23.5 Å². The molecule has 0 bridgehead atoms. The first-order chi connectivity index (χ1) is 8.50. The molecule has 98 valence electrons. The second kappa shape index (κ2) is 4.97. The van der Waals surface area contributed by atoms with E-state index in [4.69, 9.17) is 16.7 Å². The third-order valence-corrected chi connectivity index (χ3v) is 3.43. The molecule has 7 heteroatoms. The molecular weight excluding hydrogens is 258 g/mol. The van der Waals surface area contributed by atoms with E-state index >= 15 is 0 Å². The van der Waals surface area contributed by atoms with E-state index in [0.29, 0.717) is 30.1 Å². The Morgan fingerprint density at radius 3 is 2.83 bits per heavy atom. The Kier molecular flexibility index (Phi) is 3.56. The molecule has 1 aliphatic rings. The molecule has 1 N–H and O–H groups in total. The third kappa shape index (κ3) is 2.33. The van der Waals surface area contributed by atoms with Gasteiger partial charge in [-0.3, -0.25) is 14.3 Å². The van der Waals surface area contributed by atoms with Crippen molar-refractivity contribution in [2.45, 2.75) is 12.8 Å². The van der Waals surface area contributed by atoms with Gasteiger partial charge in [0.15, 0.2) is 0 Å². The molecule has 2 heterocycles. The molecule has 0 saturated carbocycles. The molecule has 6 nitrogen and oxygen atoms in total. The molecule has 1 aromatic rings. The zero-order valence-electron chi connectivity index (χ0n) is 9.97. The van der Waals surface area contributed by atoms with Crippen LogP contribution in [0.4, 0.5) is 0 Å². The first-order valence-corrected chi connectivity index (χ1v) is 6.08. The van der Waals surface area contributed by atoms with Gasteiger partial charge < -0.3 is 10.0 Å². The molecular formula is C11H14ClN3O3. The number of piperidine rings is 1. The van der Waals surface area contributed by atoms with E-state index in [1.807, 2.05) is 0 Å². The summed E-state index contributed by atoms with van der Waals surface area (Å²) in [5, 5.41) is 13.2. The van der Waals surface area contributed by atoms with Crippen molar-refractivity contribution in [3.05, 3.63) is 16.9 Å². The molecule has 1 atom stereocenters. The normalized spacial score (nSPS) is 19.9. The van der Waals surface area contributed by atoms with Crippen molar-refractivity contribution in [2.24, 2.45) is 13.0 Å². The van der Waals surface area contributed by atoms with Gasteiger partial charge in [0.1, 0.15) is 5.69 Å². The van der Waals surface area contributed by atoms with Gasteiger partial charge in [-0.1, -0.05) is 11.6 Å². The van der Waals surface area contributed by atoms with Crippen molar-refractivity contribution in [3.63, 3.8) is 0 Å². The molecule has 1 unspecified atom stereocenters. The van der Waals surface area contributed by atoms with Crippen molar-refractivity contribution in [1.82, 2.24) is 14.7 Å². The molecule has 18 heavy (non-hydrogen) atoms. The van der Waals surface area contributed by atoms with Crippen molar-refractivity contribution < 1.29 is 14.7 Å². The van der Waals surface area contributed by atoms with E-state index in [-0.39, 0.29) is 12.5 Å². The van der Waals surface area contributed by atoms with E-state index in [9.17, 15) is 9.59 Å². The van der Waals surface area contributed by atoms with Gasteiger partial charge in [0.25, 0.3) is 5.91 Å². The van der Waals surface area contributed by atoms with Gasteiger partial charge >= 0.3 is 5.97 Å². The molecule has 0 spiro atoms. The summed E-state index contributed by atoms with van der Waals surface area (Å²) in [5.41, 5.74) is 0.308. The third-order valence-electron chi connectivity index (χ3n) is 3.15. The van der Waals surface area contributed by atoms with Crippen LogP contribution in [0, 0.1) is 5.92 Å². The summed E-state index contributed by atoms with van der Waals surface area (Å²) >= 11 is 5.91. The Morgan fingerprint density at radius 2 is 2.28 bits per heavy atom. The van der Waals surface area contributed by atoms with Crippen LogP contribution in [0.2, 0.25) is 5.02 Å². The minimum absolute atomic E-state index is 0.232. The Hall–Kier alpha value is -1.56. The number of aromatic nitrogens is 2. The SMILES string of the molecule is Cn1ncc(Cl)c1C(=O)N1CCCC(C(=O)O)C1. The minimum atomic E-state index is -0.858. The highest BCUT2D eigenvalue weighted by Gasteiger charge is 2.30. The molecule has 1 aromatic heterocycles. The maximum atomic E-state index is 12.3. The smallest absolute Gasteiger partial charge is 0.308 e. The van der Waals surface area contributed by atoms with Crippen LogP contribution >= 0.6 is 11.6 Å². The monoisotopic (exact) mass is 271 g/mol. The van der Waals surface area contributed by atoms with E-state index < -0.39 is 11.9 Å². The Labute approximate surface area is 109 Å². The van der Waals surface area contributed by atoms with Crippen LogP contribution in [-0.4, -0.2) is 44.8 Å². The molecule has 1 aliphatic heterocycles. The molecule has 0 aromatic carbocycles. The van der Waals surface area contributed by atoms with Crippen LogP contribution in [0.1, 0.15) is 23.3 Å². The molecule has 0 aliphatic carbocycles. The predicted molar refractivity (Wildman–Crippen MR) is 64.5 cm³/mol. The second-order valence-electron chi connectivity index (χ2n) is 4.39. The summed E-state index contributed by atoms with van der Waals surface area (Å²) in [6.45, 7) is 0.791. The molecule has 1 saturated heterocycles. The number of hydrogen-bond donors (Lipinski definition) is 1. The van der Waals surface area contributed by atoms with Crippen LogP contribution in [0.3, 0.4) is 0 Å². The largest absolute Gasteiger partial charge is 0.481 e. The number of nitrogens with zero attached hydrogens (tertiary/aromatic N) is 3. The van der Waals surface area contributed by atoms with E-state index in [2.05, 4.69) is 5.10 Å². The zero-order chi connectivity index (χ0) is 13.3. The molecule has 2 rings (SSSR count). The van der Waals surface area contributed by atoms with Crippen molar-refractivity contribution in [1.29, 1.82) is 0 Å². The standard InChI is InChI=1S/C11H14ClN3O3/c1-14-9(8(12)5-13-14)10(16)15-4-2-3-7(6-15)11(17)18/h5,7H,2-4,6H2,1H3,(H,17,18). The van der Waals surface area contributed by atoms with E-state index in [0.717, 1.165) is 0 Å². The van der Waals surface area contributed by atoms with Crippen LogP contribution in [0.25, 0.3) is 0 Å². The molecule has 0 radical (unpaired) electrons. The van der Waals surface area contributed by atoms with Crippen molar-refractivity contribution in [3.8, 4) is 0 Å². The number of amides is 1. The number of rotatable bonds is 2. The van der Waals surface area contributed by atoms with Gasteiger partial charge in [0.2, 0.25) is 0 Å². The fourth-order valence-electron chi connectivity index (χ4n) is 2.16. The van der Waals surface area contributed by atoms with Crippen LogP contribution in [0.15, 0.2) is 6.20 Å². The van der Waals surface area contributed by atoms with Gasteiger partial charge in [-0.15, -0.1) is 0 Å². The summed E-state index contributed by atoms with van der Waals surface area (Å²) in [4.78, 5) is 24.8. The number of halogens is 1. The van der Waals surface area contributed by atoms with Gasteiger partial charge in [-0.05, 0) is 12.8 Å². The lowest BCUT2D eigenvalue weighted by Gasteiger charge is -2.30. The number of likely N-dealkylation sites (tertiary alicyclic amines) is 1. The minimum Gasteiger partial charge on any atom is -0.481 e. The predicted octanol–water partition coefficient (Wildman–Crippen LogP) is 1.01. The number of carbonyl (C=O) groups excluding carboxylic acids is 1. The topological polar surface area (TPSA) is 75.4 Å². The van der Waals surface area contributed by atoms with Gasteiger partial charge in [0, 0.05) is 20.1 Å². The lowest BCUT2D eigenvalue weighted by Crippen LogP contribution is -2.43. The Morgan fingerprint density at radius 1 is 1.56 bits per heavy atom. The molecule has 1 fully saturated rings. The lowest BCUT2D eigenvalue weighted by molar-refractivity contribution is -0.143. The highest BCUT2D eigenvalue weighted by Crippen LogP contribution is 2.21. The average molecular weight is 272 g/mol. The number of carbonyl (C=O) groups is 2. The summed E-state index contributed by atoms with van der Waals surface area (Å²) < 4.78 is 1.41. The van der Waals surface area contributed by atoms with Crippen LogP contribution < -0.4 is 0 Å². The fraction of sp³-hybridized carbons (Fsp3) is 0.545. The quantitative estimate of drug-likeness (QED) is 0.871. The number of hydrogen-bond acceptors (Lipinski definition) is 3.